The number of rotatable bonds is 6. The van der Waals surface area contributed by atoms with Crippen molar-refractivity contribution in [2.24, 2.45) is 5.92 Å². The van der Waals surface area contributed by atoms with Gasteiger partial charge in [0.2, 0.25) is 10.0 Å². The lowest BCUT2D eigenvalue weighted by Crippen LogP contribution is -3.19. The molecule has 1 aromatic rings. The van der Waals surface area contributed by atoms with Gasteiger partial charge in [-0.15, -0.1) is 0 Å². The first-order valence-electron chi connectivity index (χ1n) is 9.89. The van der Waals surface area contributed by atoms with Gasteiger partial charge in [0, 0.05) is 10.9 Å². The van der Waals surface area contributed by atoms with Gasteiger partial charge in [0.1, 0.15) is 19.6 Å². The molecule has 6 nitrogen and oxygen atoms in total. The van der Waals surface area contributed by atoms with E-state index in [2.05, 4.69) is 13.8 Å². The summed E-state index contributed by atoms with van der Waals surface area (Å²) >= 11 is 5.87. The average Bonchev–Trinajstić information content (AvgIpc) is 2.62. The van der Waals surface area contributed by atoms with E-state index in [0.717, 1.165) is 39.3 Å². The number of halogens is 1. The van der Waals surface area contributed by atoms with Crippen LogP contribution in [-0.4, -0.2) is 77.8 Å². The number of sulfonamides is 1. The fraction of sp³-hybridized carbons (Fsp3) is 0.684. The Morgan fingerprint density at radius 2 is 1.81 bits per heavy atom. The molecule has 2 heterocycles. The topological polar surface area (TPSA) is 55.5 Å². The maximum Gasteiger partial charge on any atom is 0.243 e. The molecule has 0 aromatic heterocycles. The summed E-state index contributed by atoms with van der Waals surface area (Å²) in [6, 6.07) is 6.42. The monoisotopic (exact) mass is 417 g/mol. The first-order valence-corrected chi connectivity index (χ1v) is 11.7. The van der Waals surface area contributed by atoms with Gasteiger partial charge in [0.25, 0.3) is 0 Å². The first kappa shape index (κ1) is 21.0. The van der Waals surface area contributed by atoms with Crippen molar-refractivity contribution in [1.29, 1.82) is 0 Å². The van der Waals surface area contributed by atoms with Crippen molar-refractivity contribution in [1.82, 2.24) is 4.31 Å². The molecular weight excluding hydrogens is 386 g/mol. The molecule has 2 fully saturated rings. The van der Waals surface area contributed by atoms with Gasteiger partial charge in [-0.1, -0.05) is 25.4 Å². The normalized spacial score (nSPS) is 25.8. The smallest absolute Gasteiger partial charge is 0.243 e. The number of morpholine rings is 1. The zero-order chi connectivity index (χ0) is 19.4. The highest BCUT2D eigenvalue weighted by atomic mass is 35.5. The van der Waals surface area contributed by atoms with Crippen molar-refractivity contribution in [3.8, 4) is 0 Å². The molecule has 0 aliphatic carbocycles. The van der Waals surface area contributed by atoms with Crippen LogP contribution in [0, 0.1) is 5.92 Å². The maximum atomic E-state index is 12.8. The van der Waals surface area contributed by atoms with E-state index in [4.69, 9.17) is 16.3 Å². The second kappa shape index (κ2) is 9.20. The van der Waals surface area contributed by atoms with Crippen molar-refractivity contribution in [2.75, 3.05) is 59.0 Å². The third kappa shape index (κ3) is 5.65. The molecule has 2 aliphatic rings. The van der Waals surface area contributed by atoms with Gasteiger partial charge in [-0.05, 0) is 24.3 Å². The molecule has 3 rings (SSSR count). The third-order valence-corrected chi connectivity index (χ3v) is 7.58. The molecule has 27 heavy (non-hydrogen) atoms. The zero-order valence-corrected chi connectivity index (χ0v) is 17.9. The molecular formula is C19H32ClN3O3S+2. The fourth-order valence-electron chi connectivity index (χ4n) is 4.07. The van der Waals surface area contributed by atoms with E-state index in [-0.39, 0.29) is 6.10 Å². The van der Waals surface area contributed by atoms with Crippen LogP contribution >= 0.6 is 11.6 Å². The van der Waals surface area contributed by atoms with Gasteiger partial charge >= 0.3 is 0 Å². The summed E-state index contributed by atoms with van der Waals surface area (Å²) in [6.07, 6.45) is 0.280. The van der Waals surface area contributed by atoms with E-state index < -0.39 is 10.0 Å². The predicted octanol–water partition coefficient (Wildman–Crippen LogP) is -0.831. The molecule has 2 N–H and O–H groups in total. The number of ether oxygens (including phenoxy) is 1. The Labute approximate surface area is 168 Å². The maximum absolute atomic E-state index is 12.8. The van der Waals surface area contributed by atoms with Crippen LogP contribution in [0.1, 0.15) is 13.8 Å². The molecule has 2 saturated heterocycles. The van der Waals surface area contributed by atoms with Crippen molar-refractivity contribution >= 4 is 21.6 Å². The van der Waals surface area contributed by atoms with Gasteiger partial charge in [-0.3, -0.25) is 0 Å². The lowest BCUT2D eigenvalue weighted by molar-refractivity contribution is -0.935. The standard InChI is InChI=1S/C19H30ClN3O3S/c1-16(2)13-22-11-12-26-18(15-22)14-21-7-9-23(10-8-21)27(24,25)19-5-3-17(20)4-6-19/h3-6,16,18H,7-15H2,1-2H3/p+2/t18-/m1/s1. The molecule has 2 atom stereocenters. The van der Waals surface area contributed by atoms with Crippen LogP contribution in [0.15, 0.2) is 29.2 Å². The molecule has 0 saturated carbocycles. The van der Waals surface area contributed by atoms with Crippen LogP contribution in [0.25, 0.3) is 0 Å². The molecule has 1 aromatic carbocycles. The quantitative estimate of drug-likeness (QED) is 0.635. The molecule has 0 amide bonds. The number of hydrogen-bond donors (Lipinski definition) is 2. The van der Waals surface area contributed by atoms with E-state index in [9.17, 15) is 8.42 Å². The van der Waals surface area contributed by atoms with Gasteiger partial charge in [-0.2, -0.15) is 4.31 Å². The number of quaternary nitrogens is 2. The largest absolute Gasteiger partial charge is 0.361 e. The SMILES string of the molecule is CC(C)C[NH+]1CCO[C@H](C[NH+]2CCN(S(=O)(=O)c3ccc(Cl)cc3)CC2)C1. The van der Waals surface area contributed by atoms with Crippen molar-refractivity contribution < 1.29 is 23.0 Å². The molecule has 0 bridgehead atoms. The molecule has 0 radical (unpaired) electrons. The van der Waals surface area contributed by atoms with E-state index in [1.54, 1.807) is 33.5 Å². The molecule has 1 unspecified atom stereocenters. The molecule has 0 spiro atoms. The van der Waals surface area contributed by atoms with Crippen molar-refractivity contribution in [3.63, 3.8) is 0 Å². The summed E-state index contributed by atoms with van der Waals surface area (Å²) in [5.41, 5.74) is 0. The Kier molecular flexibility index (Phi) is 7.16. The van der Waals surface area contributed by atoms with E-state index in [1.807, 2.05) is 0 Å². The Morgan fingerprint density at radius 3 is 2.44 bits per heavy atom. The first-order chi connectivity index (χ1) is 12.8. The zero-order valence-electron chi connectivity index (χ0n) is 16.3. The number of hydrogen-bond acceptors (Lipinski definition) is 3. The number of piperazine rings is 1. The number of benzene rings is 1. The summed E-state index contributed by atoms with van der Waals surface area (Å²) in [4.78, 5) is 3.39. The van der Waals surface area contributed by atoms with Gasteiger partial charge < -0.3 is 14.5 Å². The summed E-state index contributed by atoms with van der Waals surface area (Å²) < 4.78 is 33.1. The lowest BCUT2D eigenvalue weighted by Gasteiger charge is -2.35. The predicted molar refractivity (Wildman–Crippen MR) is 106 cm³/mol. The van der Waals surface area contributed by atoms with Gasteiger partial charge in [0.05, 0.1) is 44.2 Å². The van der Waals surface area contributed by atoms with Crippen molar-refractivity contribution in [2.45, 2.75) is 24.8 Å². The molecule has 8 heteroatoms. The van der Waals surface area contributed by atoms with Gasteiger partial charge in [-0.25, -0.2) is 8.42 Å². The third-order valence-electron chi connectivity index (χ3n) is 5.42. The van der Waals surface area contributed by atoms with Crippen molar-refractivity contribution in [3.05, 3.63) is 29.3 Å². The Hall–Kier alpha value is -0.700. The van der Waals surface area contributed by atoms with Crippen LogP contribution in [0.5, 0.6) is 0 Å². The highest BCUT2D eigenvalue weighted by Crippen LogP contribution is 2.18. The second-order valence-corrected chi connectivity index (χ2v) is 10.5. The lowest BCUT2D eigenvalue weighted by atomic mass is 10.1. The minimum atomic E-state index is -3.43. The Balaban J connectivity index is 1.50. The van der Waals surface area contributed by atoms with Crippen LogP contribution in [-0.2, 0) is 14.8 Å². The summed E-state index contributed by atoms with van der Waals surface area (Å²) in [7, 11) is -3.43. The summed E-state index contributed by atoms with van der Waals surface area (Å²) in [5.74, 6) is 0.702. The molecule has 152 valence electrons. The van der Waals surface area contributed by atoms with E-state index >= 15 is 0 Å². The van der Waals surface area contributed by atoms with E-state index in [0.29, 0.717) is 28.9 Å². The van der Waals surface area contributed by atoms with Gasteiger partial charge in [0.15, 0.2) is 6.10 Å². The highest BCUT2D eigenvalue weighted by molar-refractivity contribution is 7.89. The molecule has 2 aliphatic heterocycles. The minimum Gasteiger partial charge on any atom is -0.361 e. The fourth-order valence-corrected chi connectivity index (χ4v) is 5.64. The van der Waals surface area contributed by atoms with Crippen LogP contribution in [0.3, 0.4) is 0 Å². The number of nitrogens with one attached hydrogen (secondary N) is 2. The number of nitrogens with zero attached hydrogens (tertiary/aromatic N) is 1. The van der Waals surface area contributed by atoms with E-state index in [1.165, 1.54) is 11.4 Å². The minimum absolute atomic E-state index is 0.280. The van der Waals surface area contributed by atoms with Crippen LogP contribution < -0.4 is 9.80 Å². The summed E-state index contributed by atoms with van der Waals surface area (Å²) in [5, 5.41) is 0.546. The second-order valence-electron chi connectivity index (χ2n) is 8.11. The summed E-state index contributed by atoms with van der Waals surface area (Å²) in [6.45, 7) is 12.4. The Morgan fingerprint density at radius 1 is 1.15 bits per heavy atom. The van der Waals surface area contributed by atoms with Crippen LogP contribution in [0.2, 0.25) is 5.02 Å². The highest BCUT2D eigenvalue weighted by Gasteiger charge is 2.33. The average molecular weight is 418 g/mol. The Bertz CT molecular complexity index is 703. The van der Waals surface area contributed by atoms with Crippen LogP contribution in [0.4, 0.5) is 0 Å².